The lowest BCUT2D eigenvalue weighted by Gasteiger charge is -2.15. The highest BCUT2D eigenvalue weighted by Gasteiger charge is 2.33. The number of carbonyl (C=O) groups excluding carboxylic acids is 2. The van der Waals surface area contributed by atoms with Crippen LogP contribution in [0.3, 0.4) is 0 Å². The van der Waals surface area contributed by atoms with Gasteiger partial charge in [-0.05, 0) is 5.92 Å². The van der Waals surface area contributed by atoms with E-state index < -0.39 is 21.4 Å². The van der Waals surface area contributed by atoms with Crippen LogP contribution < -0.4 is 0 Å². The van der Waals surface area contributed by atoms with Crippen molar-refractivity contribution in [1.29, 1.82) is 0 Å². The molecule has 0 aromatic heterocycles. The molecule has 5 heteroatoms. The summed E-state index contributed by atoms with van der Waals surface area (Å²) in [5, 5.41) is 0. The number of hydrogen-bond donors (Lipinski definition) is 0. The van der Waals surface area contributed by atoms with E-state index in [1.165, 1.54) is 12.1 Å². The summed E-state index contributed by atoms with van der Waals surface area (Å²) in [4.78, 5) is 23.7. The summed E-state index contributed by atoms with van der Waals surface area (Å²) in [6, 6.07) is 6.26. The van der Waals surface area contributed by atoms with Gasteiger partial charge in [0.05, 0.1) is 5.75 Å². The summed E-state index contributed by atoms with van der Waals surface area (Å²) < 4.78 is 24.2. The average molecular weight is 278 g/mol. The van der Waals surface area contributed by atoms with E-state index in [0.29, 0.717) is 0 Å². The molecule has 0 bridgehead atoms. The molecule has 0 unspecified atom stereocenters. The highest BCUT2D eigenvalue weighted by atomic mass is 32.2. The predicted octanol–water partition coefficient (Wildman–Crippen LogP) is 2.02. The van der Waals surface area contributed by atoms with Gasteiger partial charge in [0.25, 0.3) is 0 Å². The zero-order valence-corrected chi connectivity index (χ0v) is 11.5. The molecule has 0 atom stereocenters. The minimum atomic E-state index is -3.72. The number of hydrogen-bond acceptors (Lipinski definition) is 4. The first kappa shape index (κ1) is 13.7. The van der Waals surface area contributed by atoms with Crippen molar-refractivity contribution in [3.63, 3.8) is 0 Å². The number of ketones is 2. The van der Waals surface area contributed by atoms with Crippen molar-refractivity contribution in [2.45, 2.75) is 13.8 Å². The Balaban J connectivity index is 2.52. The maximum absolute atomic E-state index is 12.2. The molecule has 19 heavy (non-hydrogen) atoms. The summed E-state index contributed by atoms with van der Waals surface area (Å²) in [6.45, 7) is 3.50. The van der Waals surface area contributed by atoms with Gasteiger partial charge >= 0.3 is 0 Å². The lowest BCUT2D eigenvalue weighted by molar-refractivity contribution is 0.0990. The Morgan fingerprint density at radius 3 is 2.21 bits per heavy atom. The number of carbonyl (C=O) groups is 2. The van der Waals surface area contributed by atoms with E-state index in [-0.39, 0.29) is 27.7 Å². The Kier molecular flexibility index (Phi) is 3.41. The molecule has 100 valence electrons. The molecule has 0 aliphatic heterocycles. The number of benzene rings is 1. The minimum absolute atomic E-state index is 0.106. The van der Waals surface area contributed by atoms with Crippen molar-refractivity contribution in [2.24, 2.45) is 5.92 Å². The van der Waals surface area contributed by atoms with Crippen molar-refractivity contribution in [1.82, 2.24) is 0 Å². The minimum Gasteiger partial charge on any atom is -0.289 e. The van der Waals surface area contributed by atoms with Crippen LogP contribution >= 0.6 is 0 Å². The van der Waals surface area contributed by atoms with E-state index >= 15 is 0 Å². The molecule has 0 heterocycles. The van der Waals surface area contributed by atoms with E-state index in [1.54, 1.807) is 26.0 Å². The molecule has 2 rings (SSSR count). The highest BCUT2D eigenvalue weighted by molar-refractivity contribution is 7.96. The smallest absolute Gasteiger partial charge is 0.205 e. The second kappa shape index (κ2) is 4.74. The van der Waals surface area contributed by atoms with Crippen LogP contribution in [-0.2, 0) is 9.84 Å². The van der Waals surface area contributed by atoms with Gasteiger partial charge in [0, 0.05) is 17.2 Å². The fourth-order valence-electron chi connectivity index (χ4n) is 2.05. The third-order valence-electron chi connectivity index (χ3n) is 2.81. The molecule has 1 aliphatic rings. The number of allylic oxidation sites excluding steroid dienone is 2. The van der Waals surface area contributed by atoms with E-state index in [0.717, 1.165) is 6.08 Å². The van der Waals surface area contributed by atoms with Crippen LogP contribution in [0, 0.1) is 5.92 Å². The van der Waals surface area contributed by atoms with Gasteiger partial charge in [0.1, 0.15) is 4.91 Å². The van der Waals surface area contributed by atoms with Gasteiger partial charge in [-0.1, -0.05) is 38.1 Å². The normalized spacial score (nSPS) is 15.4. The lowest BCUT2D eigenvalue weighted by atomic mass is 9.95. The van der Waals surface area contributed by atoms with Gasteiger partial charge in [-0.2, -0.15) is 0 Å². The standard InChI is InChI=1S/C14H14O4S/c1-9(2)8-19(17,18)13-7-12(15)10-5-3-4-6-11(10)14(13)16/h3-7,9H,8H2,1-2H3. The highest BCUT2D eigenvalue weighted by Crippen LogP contribution is 2.25. The van der Waals surface area contributed by atoms with Crippen LogP contribution in [-0.4, -0.2) is 25.7 Å². The zero-order valence-electron chi connectivity index (χ0n) is 10.7. The number of sulfone groups is 1. The largest absolute Gasteiger partial charge is 0.289 e. The Morgan fingerprint density at radius 1 is 1.05 bits per heavy atom. The first-order valence-corrected chi connectivity index (χ1v) is 7.60. The second-order valence-electron chi connectivity index (χ2n) is 4.92. The quantitative estimate of drug-likeness (QED) is 0.848. The SMILES string of the molecule is CC(C)CS(=O)(=O)C1=CC(=O)c2ccccc2C1=O. The molecule has 0 fully saturated rings. The molecule has 0 N–H and O–H groups in total. The van der Waals surface area contributed by atoms with E-state index in [2.05, 4.69) is 0 Å². The van der Waals surface area contributed by atoms with Crippen molar-refractivity contribution >= 4 is 21.4 Å². The molecule has 0 radical (unpaired) electrons. The van der Waals surface area contributed by atoms with Gasteiger partial charge < -0.3 is 0 Å². The predicted molar refractivity (Wildman–Crippen MR) is 71.8 cm³/mol. The summed E-state index contributed by atoms with van der Waals surface area (Å²) in [7, 11) is -3.72. The second-order valence-corrected chi connectivity index (χ2v) is 6.93. The van der Waals surface area contributed by atoms with Crippen molar-refractivity contribution in [3.8, 4) is 0 Å². The van der Waals surface area contributed by atoms with E-state index in [9.17, 15) is 18.0 Å². The maximum atomic E-state index is 12.2. The summed E-state index contributed by atoms with van der Waals surface area (Å²) >= 11 is 0. The van der Waals surface area contributed by atoms with Crippen LogP contribution in [0.4, 0.5) is 0 Å². The molecule has 4 nitrogen and oxygen atoms in total. The van der Waals surface area contributed by atoms with Crippen LogP contribution in [0.25, 0.3) is 0 Å². The molecule has 0 saturated carbocycles. The zero-order chi connectivity index (χ0) is 14.2. The first-order valence-electron chi connectivity index (χ1n) is 5.95. The van der Waals surface area contributed by atoms with Crippen molar-refractivity contribution in [3.05, 3.63) is 46.4 Å². The van der Waals surface area contributed by atoms with Crippen LogP contribution in [0.5, 0.6) is 0 Å². The fourth-order valence-corrected chi connectivity index (χ4v) is 3.79. The number of Topliss-reactive ketones (excluding diaryl/α,β-unsaturated/α-hetero) is 1. The van der Waals surface area contributed by atoms with Gasteiger partial charge in [-0.25, -0.2) is 8.42 Å². The summed E-state index contributed by atoms with van der Waals surface area (Å²) in [6.07, 6.45) is 0.947. The third-order valence-corrected chi connectivity index (χ3v) is 4.89. The molecule has 0 amide bonds. The monoisotopic (exact) mass is 278 g/mol. The topological polar surface area (TPSA) is 68.3 Å². The lowest BCUT2D eigenvalue weighted by Crippen LogP contribution is -2.25. The third kappa shape index (κ3) is 2.51. The van der Waals surface area contributed by atoms with Crippen molar-refractivity contribution < 1.29 is 18.0 Å². The van der Waals surface area contributed by atoms with Gasteiger partial charge in [-0.15, -0.1) is 0 Å². The molecular weight excluding hydrogens is 264 g/mol. The first-order chi connectivity index (χ1) is 8.83. The summed E-state index contributed by atoms with van der Waals surface area (Å²) in [5.74, 6) is -1.26. The van der Waals surface area contributed by atoms with Crippen LogP contribution in [0.2, 0.25) is 0 Å². The molecular formula is C14H14O4S. The molecule has 1 aliphatic carbocycles. The van der Waals surface area contributed by atoms with Crippen molar-refractivity contribution in [2.75, 3.05) is 5.75 Å². The van der Waals surface area contributed by atoms with Gasteiger partial charge in [0.15, 0.2) is 15.6 Å². The molecule has 1 aromatic carbocycles. The summed E-state index contributed by atoms with van der Waals surface area (Å²) in [5.41, 5.74) is 0.424. The molecule has 1 aromatic rings. The van der Waals surface area contributed by atoms with Crippen LogP contribution in [0.15, 0.2) is 35.2 Å². The molecule has 0 spiro atoms. The Labute approximate surface area is 112 Å². The Morgan fingerprint density at radius 2 is 1.63 bits per heavy atom. The average Bonchev–Trinajstić information content (AvgIpc) is 2.32. The van der Waals surface area contributed by atoms with E-state index in [1.807, 2.05) is 0 Å². The van der Waals surface area contributed by atoms with E-state index in [4.69, 9.17) is 0 Å². The molecule has 0 saturated heterocycles. The fraction of sp³-hybridized carbons (Fsp3) is 0.286. The number of fused-ring (bicyclic) bond motifs is 1. The maximum Gasteiger partial charge on any atom is 0.205 e. The number of rotatable bonds is 3. The van der Waals surface area contributed by atoms with Gasteiger partial charge in [-0.3, -0.25) is 9.59 Å². The van der Waals surface area contributed by atoms with Crippen LogP contribution in [0.1, 0.15) is 34.6 Å². The Hall–Kier alpha value is -1.75. The Bertz CT molecular complexity index is 681. The van der Waals surface area contributed by atoms with Gasteiger partial charge in [0.2, 0.25) is 5.78 Å².